The molecule has 88 valence electrons. The first-order chi connectivity index (χ1) is 8.09. The number of pyridine rings is 1. The van der Waals surface area contributed by atoms with Gasteiger partial charge in [-0.15, -0.1) is 0 Å². The van der Waals surface area contributed by atoms with Crippen molar-refractivity contribution < 1.29 is 8.78 Å². The summed E-state index contributed by atoms with van der Waals surface area (Å²) in [6.07, 6.45) is 2.50. The molecular formula is C12H7BrClF2N. The molecule has 0 spiro atoms. The first-order valence-electron chi connectivity index (χ1n) is 5.24. The van der Waals surface area contributed by atoms with Crippen LogP contribution in [0, 0.1) is 11.6 Å². The van der Waals surface area contributed by atoms with Crippen molar-refractivity contribution >= 4 is 38.4 Å². The van der Waals surface area contributed by atoms with Crippen LogP contribution in [0.1, 0.15) is 17.7 Å². The van der Waals surface area contributed by atoms with Crippen molar-refractivity contribution in [2.24, 2.45) is 0 Å². The maximum Gasteiger partial charge on any atom is 0.150 e. The predicted molar refractivity (Wildman–Crippen MR) is 66.4 cm³/mol. The van der Waals surface area contributed by atoms with Crippen LogP contribution in [0.25, 0.3) is 10.9 Å². The van der Waals surface area contributed by atoms with Crippen molar-refractivity contribution in [3.05, 3.63) is 38.5 Å². The molecule has 1 aromatic heterocycles. The lowest BCUT2D eigenvalue weighted by Crippen LogP contribution is -1.97. The van der Waals surface area contributed by atoms with Gasteiger partial charge in [0.25, 0.3) is 0 Å². The lowest BCUT2D eigenvalue weighted by molar-refractivity contribution is 0.609. The van der Waals surface area contributed by atoms with E-state index in [1.807, 2.05) is 0 Å². The standard InChI is InChI=1S/C12H7BrClF2N/c13-6-4-7(15)12-9(11(6)16)10(14)5-2-1-3-8(5)17-12/h4H,1-3H2. The van der Waals surface area contributed by atoms with Crippen LogP contribution >= 0.6 is 27.5 Å². The highest BCUT2D eigenvalue weighted by atomic mass is 79.9. The molecule has 1 aliphatic rings. The molecule has 1 heterocycles. The molecule has 5 heteroatoms. The van der Waals surface area contributed by atoms with E-state index in [2.05, 4.69) is 20.9 Å². The van der Waals surface area contributed by atoms with E-state index in [9.17, 15) is 8.78 Å². The number of hydrogen-bond donors (Lipinski definition) is 0. The molecule has 0 bridgehead atoms. The van der Waals surface area contributed by atoms with Crippen LogP contribution in [0.3, 0.4) is 0 Å². The first-order valence-corrected chi connectivity index (χ1v) is 6.41. The van der Waals surface area contributed by atoms with Crippen LogP contribution in [-0.2, 0) is 12.8 Å². The molecular weight excluding hydrogens is 311 g/mol. The first kappa shape index (κ1) is 11.4. The summed E-state index contributed by atoms with van der Waals surface area (Å²) in [6, 6.07) is 1.09. The second-order valence-electron chi connectivity index (χ2n) is 4.08. The second kappa shape index (κ2) is 3.89. The molecule has 1 aromatic carbocycles. The van der Waals surface area contributed by atoms with Crippen LogP contribution in [0.5, 0.6) is 0 Å². The zero-order chi connectivity index (χ0) is 12.2. The Morgan fingerprint density at radius 2 is 2.06 bits per heavy atom. The van der Waals surface area contributed by atoms with Gasteiger partial charge in [0.2, 0.25) is 0 Å². The molecule has 0 radical (unpaired) electrons. The molecule has 0 amide bonds. The van der Waals surface area contributed by atoms with E-state index in [-0.39, 0.29) is 15.4 Å². The van der Waals surface area contributed by atoms with Crippen LogP contribution in [0.4, 0.5) is 8.78 Å². The third-order valence-electron chi connectivity index (χ3n) is 3.07. The summed E-state index contributed by atoms with van der Waals surface area (Å²) in [5.74, 6) is -1.10. The van der Waals surface area contributed by atoms with Crippen LogP contribution in [-0.4, -0.2) is 4.98 Å². The Labute approximate surface area is 110 Å². The maximum atomic E-state index is 14.0. The lowest BCUT2D eigenvalue weighted by atomic mass is 10.1. The van der Waals surface area contributed by atoms with E-state index in [4.69, 9.17) is 11.6 Å². The molecule has 2 aromatic rings. The third-order valence-corrected chi connectivity index (χ3v) is 4.06. The Kier molecular flexibility index (Phi) is 2.60. The predicted octanol–water partition coefficient (Wildman–Crippen LogP) is 4.42. The van der Waals surface area contributed by atoms with E-state index in [1.54, 1.807) is 0 Å². The summed E-state index contributed by atoms with van der Waals surface area (Å²) in [4.78, 5) is 4.20. The smallest absolute Gasteiger partial charge is 0.150 e. The highest BCUT2D eigenvalue weighted by Gasteiger charge is 2.23. The number of fused-ring (bicyclic) bond motifs is 2. The molecule has 0 unspecified atom stereocenters. The number of aryl methyl sites for hydroxylation is 1. The number of benzene rings is 1. The quantitative estimate of drug-likeness (QED) is 0.655. The fraction of sp³-hybridized carbons (Fsp3) is 0.250. The van der Waals surface area contributed by atoms with Crippen molar-refractivity contribution in [3.8, 4) is 0 Å². The number of nitrogens with zero attached hydrogens (tertiary/aromatic N) is 1. The SMILES string of the molecule is Fc1cc(Br)c(F)c2c(Cl)c3c(nc12)CCC3. The fourth-order valence-electron chi connectivity index (χ4n) is 2.27. The molecule has 0 N–H and O–H groups in total. The van der Waals surface area contributed by atoms with Gasteiger partial charge in [-0.05, 0) is 46.8 Å². The number of aromatic nitrogens is 1. The minimum absolute atomic E-state index is 0.0244. The van der Waals surface area contributed by atoms with Gasteiger partial charge < -0.3 is 0 Å². The maximum absolute atomic E-state index is 14.0. The van der Waals surface area contributed by atoms with Gasteiger partial charge in [0.15, 0.2) is 5.82 Å². The van der Waals surface area contributed by atoms with Crippen molar-refractivity contribution in [1.29, 1.82) is 0 Å². The van der Waals surface area contributed by atoms with Gasteiger partial charge >= 0.3 is 0 Å². The second-order valence-corrected chi connectivity index (χ2v) is 5.31. The van der Waals surface area contributed by atoms with E-state index in [1.165, 1.54) is 0 Å². The fourth-order valence-corrected chi connectivity index (χ4v) is 3.04. The van der Waals surface area contributed by atoms with Gasteiger partial charge in [-0.25, -0.2) is 13.8 Å². The summed E-state index contributed by atoms with van der Waals surface area (Å²) < 4.78 is 27.8. The number of hydrogen-bond acceptors (Lipinski definition) is 1. The average molecular weight is 319 g/mol. The number of rotatable bonds is 0. The molecule has 3 rings (SSSR count). The molecule has 0 saturated carbocycles. The zero-order valence-electron chi connectivity index (χ0n) is 8.66. The van der Waals surface area contributed by atoms with E-state index in [0.29, 0.717) is 5.02 Å². The summed E-state index contributed by atoms with van der Waals surface area (Å²) in [5.41, 5.74) is 1.68. The molecule has 0 saturated heterocycles. The molecule has 0 aliphatic heterocycles. The van der Waals surface area contributed by atoms with Gasteiger partial charge in [0.1, 0.15) is 11.3 Å². The minimum atomic E-state index is -0.551. The van der Waals surface area contributed by atoms with Gasteiger partial charge in [0, 0.05) is 5.69 Å². The molecule has 0 fully saturated rings. The topological polar surface area (TPSA) is 12.9 Å². The highest BCUT2D eigenvalue weighted by Crippen LogP contribution is 2.37. The minimum Gasteiger partial charge on any atom is -0.249 e. The molecule has 17 heavy (non-hydrogen) atoms. The van der Waals surface area contributed by atoms with Gasteiger partial charge in [-0.1, -0.05) is 11.6 Å². The molecule has 1 aliphatic carbocycles. The zero-order valence-corrected chi connectivity index (χ0v) is 11.0. The Bertz CT molecular complexity index is 642. The van der Waals surface area contributed by atoms with Crippen molar-refractivity contribution in [2.75, 3.05) is 0 Å². The Hall–Kier alpha value is -0.740. The van der Waals surface area contributed by atoms with E-state index < -0.39 is 11.6 Å². The van der Waals surface area contributed by atoms with E-state index in [0.717, 1.165) is 36.6 Å². The summed E-state index contributed by atoms with van der Waals surface area (Å²) in [7, 11) is 0. The lowest BCUT2D eigenvalue weighted by Gasteiger charge is -2.09. The van der Waals surface area contributed by atoms with Crippen molar-refractivity contribution in [3.63, 3.8) is 0 Å². The van der Waals surface area contributed by atoms with E-state index >= 15 is 0 Å². The highest BCUT2D eigenvalue weighted by molar-refractivity contribution is 9.10. The van der Waals surface area contributed by atoms with Gasteiger partial charge in [-0.2, -0.15) is 0 Å². The van der Waals surface area contributed by atoms with Crippen LogP contribution in [0.2, 0.25) is 5.02 Å². The van der Waals surface area contributed by atoms with Gasteiger partial charge in [0.05, 0.1) is 14.9 Å². The average Bonchev–Trinajstić information content (AvgIpc) is 2.74. The Morgan fingerprint density at radius 1 is 1.29 bits per heavy atom. The number of halogens is 4. The molecule has 1 nitrogen and oxygen atoms in total. The summed E-state index contributed by atoms with van der Waals surface area (Å²) >= 11 is 9.15. The largest absolute Gasteiger partial charge is 0.249 e. The van der Waals surface area contributed by atoms with Crippen molar-refractivity contribution in [2.45, 2.75) is 19.3 Å². The Morgan fingerprint density at radius 3 is 2.82 bits per heavy atom. The van der Waals surface area contributed by atoms with Crippen molar-refractivity contribution in [1.82, 2.24) is 4.98 Å². The monoisotopic (exact) mass is 317 g/mol. The van der Waals surface area contributed by atoms with Crippen LogP contribution < -0.4 is 0 Å². The third kappa shape index (κ3) is 1.58. The summed E-state index contributed by atoms with van der Waals surface area (Å²) in [5, 5.41) is 0.388. The van der Waals surface area contributed by atoms with Crippen LogP contribution in [0.15, 0.2) is 10.5 Å². The summed E-state index contributed by atoms with van der Waals surface area (Å²) in [6.45, 7) is 0. The van der Waals surface area contributed by atoms with Gasteiger partial charge in [-0.3, -0.25) is 0 Å². The normalized spacial score (nSPS) is 14.4. The molecule has 0 atom stereocenters. The Balaban J connectivity index is 2.52.